The SMILES string of the molecule is COc1cc(CC(=O)N2CCC[C@@H](c3ncc[nH]3)C2)c(C(C)=O)cc1OC. The molecule has 1 N–H and O–H groups in total. The maximum Gasteiger partial charge on any atom is 0.227 e. The van der Waals surface area contributed by atoms with E-state index < -0.39 is 0 Å². The fraction of sp³-hybridized carbons (Fsp3) is 0.450. The molecule has 7 nitrogen and oxygen atoms in total. The summed E-state index contributed by atoms with van der Waals surface area (Å²) in [6.07, 6.45) is 5.63. The molecule has 0 unspecified atom stereocenters. The maximum atomic E-state index is 12.9. The molecule has 2 aromatic rings. The molecule has 1 atom stereocenters. The highest BCUT2D eigenvalue weighted by molar-refractivity contribution is 5.97. The quantitative estimate of drug-likeness (QED) is 0.789. The highest BCUT2D eigenvalue weighted by Gasteiger charge is 2.27. The minimum Gasteiger partial charge on any atom is -0.493 e. The molecule has 1 saturated heterocycles. The van der Waals surface area contributed by atoms with Gasteiger partial charge in [-0.05, 0) is 37.5 Å². The van der Waals surface area contributed by atoms with Crippen LogP contribution in [-0.2, 0) is 11.2 Å². The Labute approximate surface area is 158 Å². The summed E-state index contributed by atoms with van der Waals surface area (Å²) in [4.78, 5) is 34.3. The van der Waals surface area contributed by atoms with Gasteiger partial charge in [-0.15, -0.1) is 0 Å². The number of hydrogen-bond acceptors (Lipinski definition) is 5. The molecule has 2 heterocycles. The Morgan fingerprint density at radius 2 is 2.00 bits per heavy atom. The van der Waals surface area contributed by atoms with Crippen LogP contribution < -0.4 is 9.47 Å². The van der Waals surface area contributed by atoms with Crippen molar-refractivity contribution in [3.8, 4) is 11.5 Å². The number of ether oxygens (including phenoxy) is 2. The average molecular weight is 371 g/mol. The molecule has 0 bridgehead atoms. The minimum atomic E-state index is -0.106. The molecule has 1 aromatic carbocycles. The van der Waals surface area contributed by atoms with E-state index in [2.05, 4.69) is 9.97 Å². The molecule has 0 radical (unpaired) electrons. The third kappa shape index (κ3) is 4.13. The van der Waals surface area contributed by atoms with Crippen LogP contribution in [0, 0.1) is 0 Å². The van der Waals surface area contributed by atoms with E-state index in [1.54, 1.807) is 24.5 Å². The van der Waals surface area contributed by atoms with Crippen LogP contribution >= 0.6 is 0 Å². The van der Waals surface area contributed by atoms with Gasteiger partial charge in [0.1, 0.15) is 5.82 Å². The Morgan fingerprint density at radius 1 is 1.26 bits per heavy atom. The highest BCUT2D eigenvalue weighted by atomic mass is 16.5. The first-order valence-electron chi connectivity index (χ1n) is 9.06. The number of Topliss-reactive ketones (excluding diaryl/α,β-unsaturated/α-hetero) is 1. The number of ketones is 1. The van der Waals surface area contributed by atoms with Crippen LogP contribution in [0.3, 0.4) is 0 Å². The van der Waals surface area contributed by atoms with Crippen LogP contribution in [0.5, 0.6) is 11.5 Å². The number of methoxy groups -OCH3 is 2. The van der Waals surface area contributed by atoms with Crippen LogP contribution in [0.15, 0.2) is 24.5 Å². The van der Waals surface area contributed by atoms with Crippen LogP contribution in [0.2, 0.25) is 0 Å². The van der Waals surface area contributed by atoms with Gasteiger partial charge in [0, 0.05) is 37.0 Å². The van der Waals surface area contributed by atoms with Gasteiger partial charge in [0.15, 0.2) is 17.3 Å². The molecular weight excluding hydrogens is 346 g/mol. The van der Waals surface area contributed by atoms with Crippen LogP contribution in [0.1, 0.15) is 47.4 Å². The molecule has 7 heteroatoms. The maximum absolute atomic E-state index is 12.9. The zero-order chi connectivity index (χ0) is 19.4. The lowest BCUT2D eigenvalue weighted by Crippen LogP contribution is -2.40. The summed E-state index contributed by atoms with van der Waals surface area (Å²) in [5.74, 6) is 2.03. The minimum absolute atomic E-state index is 0.000904. The van der Waals surface area contributed by atoms with Gasteiger partial charge in [-0.1, -0.05) is 0 Å². The number of nitrogens with one attached hydrogen (secondary N) is 1. The predicted molar refractivity (Wildman–Crippen MR) is 100 cm³/mol. The third-order valence-corrected chi connectivity index (χ3v) is 5.01. The van der Waals surface area contributed by atoms with Gasteiger partial charge < -0.3 is 19.4 Å². The molecule has 1 aromatic heterocycles. The van der Waals surface area contributed by atoms with Crippen molar-refractivity contribution in [2.75, 3.05) is 27.3 Å². The summed E-state index contributed by atoms with van der Waals surface area (Å²) in [5.41, 5.74) is 1.14. The summed E-state index contributed by atoms with van der Waals surface area (Å²) >= 11 is 0. The lowest BCUT2D eigenvalue weighted by molar-refractivity contribution is -0.131. The number of carbonyl (C=O) groups is 2. The second-order valence-corrected chi connectivity index (χ2v) is 6.75. The number of imidazole rings is 1. The summed E-state index contributed by atoms with van der Waals surface area (Å²) < 4.78 is 10.6. The van der Waals surface area contributed by atoms with Gasteiger partial charge in [0.2, 0.25) is 5.91 Å². The predicted octanol–water partition coefficient (Wildman–Crippen LogP) is 2.58. The standard InChI is InChI=1S/C20H25N3O4/c1-13(24)16-11-18(27-3)17(26-2)9-15(16)10-19(25)23-8-4-5-14(12-23)20-21-6-7-22-20/h6-7,9,11,14H,4-5,8,10,12H2,1-3H3,(H,21,22)/t14-/m1/s1. The molecule has 1 fully saturated rings. The first-order valence-corrected chi connectivity index (χ1v) is 9.06. The van der Waals surface area contributed by atoms with E-state index in [1.807, 2.05) is 4.90 Å². The summed E-state index contributed by atoms with van der Waals surface area (Å²) in [7, 11) is 3.06. The van der Waals surface area contributed by atoms with Gasteiger partial charge in [-0.3, -0.25) is 9.59 Å². The van der Waals surface area contributed by atoms with Crippen molar-refractivity contribution in [1.82, 2.24) is 14.9 Å². The molecular formula is C20H25N3O4. The van der Waals surface area contributed by atoms with Gasteiger partial charge in [-0.2, -0.15) is 0 Å². The fourth-order valence-corrected chi connectivity index (χ4v) is 3.60. The van der Waals surface area contributed by atoms with Crippen molar-refractivity contribution in [2.24, 2.45) is 0 Å². The van der Waals surface area contributed by atoms with E-state index in [4.69, 9.17) is 9.47 Å². The largest absolute Gasteiger partial charge is 0.493 e. The topological polar surface area (TPSA) is 84.5 Å². The molecule has 1 amide bonds. The Kier molecular flexibility index (Phi) is 5.78. The van der Waals surface area contributed by atoms with Crippen molar-refractivity contribution < 1.29 is 19.1 Å². The number of rotatable bonds is 6. The van der Waals surface area contributed by atoms with Gasteiger partial charge in [0.25, 0.3) is 0 Å². The molecule has 1 aliphatic rings. The van der Waals surface area contributed by atoms with Crippen LogP contribution in [-0.4, -0.2) is 53.9 Å². The number of likely N-dealkylation sites (tertiary alicyclic amines) is 1. The normalized spacial score (nSPS) is 16.9. The van der Waals surface area contributed by atoms with Crippen LogP contribution in [0.25, 0.3) is 0 Å². The first-order chi connectivity index (χ1) is 13.0. The monoisotopic (exact) mass is 371 g/mol. The van der Waals surface area contributed by atoms with E-state index in [0.29, 0.717) is 29.2 Å². The summed E-state index contributed by atoms with van der Waals surface area (Å²) in [5, 5.41) is 0. The second-order valence-electron chi connectivity index (χ2n) is 6.75. The van der Waals surface area contributed by atoms with Crippen molar-refractivity contribution in [3.05, 3.63) is 41.5 Å². The number of aromatic nitrogens is 2. The van der Waals surface area contributed by atoms with E-state index in [1.165, 1.54) is 21.1 Å². The van der Waals surface area contributed by atoms with Crippen molar-refractivity contribution in [2.45, 2.75) is 32.1 Å². The van der Waals surface area contributed by atoms with Crippen molar-refractivity contribution in [3.63, 3.8) is 0 Å². The summed E-state index contributed by atoms with van der Waals surface area (Å²) in [6, 6.07) is 3.37. The molecule has 1 aliphatic heterocycles. The molecule has 144 valence electrons. The zero-order valence-corrected chi connectivity index (χ0v) is 15.9. The highest BCUT2D eigenvalue weighted by Crippen LogP contribution is 2.32. The second kappa shape index (κ2) is 8.24. The number of amides is 1. The van der Waals surface area contributed by atoms with Gasteiger partial charge in [-0.25, -0.2) is 4.98 Å². The Morgan fingerprint density at radius 3 is 2.63 bits per heavy atom. The Balaban J connectivity index is 1.79. The van der Waals surface area contributed by atoms with Crippen molar-refractivity contribution >= 4 is 11.7 Å². The number of aromatic amines is 1. The molecule has 0 spiro atoms. The van der Waals surface area contributed by atoms with E-state index in [-0.39, 0.29) is 24.0 Å². The first kappa shape index (κ1) is 18.9. The number of hydrogen-bond donors (Lipinski definition) is 1. The molecule has 27 heavy (non-hydrogen) atoms. The number of H-pyrrole nitrogens is 1. The third-order valence-electron chi connectivity index (χ3n) is 5.01. The molecule has 0 saturated carbocycles. The van der Waals surface area contributed by atoms with E-state index in [9.17, 15) is 9.59 Å². The average Bonchev–Trinajstić information content (AvgIpc) is 3.22. The van der Waals surface area contributed by atoms with Crippen molar-refractivity contribution in [1.29, 1.82) is 0 Å². The Hall–Kier alpha value is -2.83. The van der Waals surface area contributed by atoms with E-state index >= 15 is 0 Å². The molecule has 0 aliphatic carbocycles. The molecule has 3 rings (SSSR count). The Bertz CT molecular complexity index is 817. The number of carbonyl (C=O) groups excluding carboxylic acids is 2. The van der Waals surface area contributed by atoms with Gasteiger partial charge >= 0.3 is 0 Å². The lowest BCUT2D eigenvalue weighted by Gasteiger charge is -2.32. The summed E-state index contributed by atoms with van der Waals surface area (Å²) in [6.45, 7) is 2.84. The number of piperidine rings is 1. The number of benzene rings is 1. The van der Waals surface area contributed by atoms with Gasteiger partial charge in [0.05, 0.1) is 20.6 Å². The van der Waals surface area contributed by atoms with Crippen LogP contribution in [0.4, 0.5) is 0 Å². The zero-order valence-electron chi connectivity index (χ0n) is 15.9. The lowest BCUT2D eigenvalue weighted by atomic mass is 9.95. The number of nitrogens with zero attached hydrogens (tertiary/aromatic N) is 2. The fourth-order valence-electron chi connectivity index (χ4n) is 3.60. The van der Waals surface area contributed by atoms with E-state index in [0.717, 1.165) is 25.2 Å². The smallest absolute Gasteiger partial charge is 0.227 e.